The lowest BCUT2D eigenvalue weighted by Crippen LogP contribution is -2.44. The molecular weight excluding hydrogens is 390 g/mol. The minimum atomic E-state index is -3.88. The summed E-state index contributed by atoms with van der Waals surface area (Å²) in [4.78, 5) is 0.0436. The summed E-state index contributed by atoms with van der Waals surface area (Å²) in [6.07, 6.45) is 0.800. The van der Waals surface area contributed by atoms with Gasteiger partial charge in [-0.3, -0.25) is 0 Å². The molecule has 0 saturated carbocycles. The molecule has 0 spiro atoms. The molecule has 0 radical (unpaired) electrons. The normalized spacial score (nSPS) is 22.3. The topological polar surface area (TPSA) is 98.8 Å². The average molecular weight is 420 g/mol. The fraction of sp³-hybridized carbons (Fsp3) is 0.667. The second-order valence-corrected chi connectivity index (χ2v) is 11.4. The summed E-state index contributed by atoms with van der Waals surface area (Å²) in [5.74, 6) is -0.336. The number of sulfone groups is 2. The molecular formula is C18H29NO6S2. The standard InChI is InChI=1S/C18H29NO6S2/c1-13(2)25-9-5-8-19-15-11-26(20,21)12-18(15)27(22,23)17-10-14(3)6-7-16(17)24-4/h6-7,10,13,15,18-19H,5,8-9,11-12H2,1-4H3/t15-,18-/m0/s1. The Labute approximate surface area is 162 Å². The van der Waals surface area contributed by atoms with Crippen LogP contribution in [0.5, 0.6) is 5.75 Å². The molecule has 1 aliphatic heterocycles. The molecule has 0 bridgehead atoms. The first-order valence-corrected chi connectivity index (χ1v) is 12.4. The van der Waals surface area contributed by atoms with Crippen molar-refractivity contribution in [2.45, 2.75) is 49.5 Å². The molecule has 1 saturated heterocycles. The van der Waals surface area contributed by atoms with Crippen LogP contribution in [-0.2, 0) is 24.4 Å². The van der Waals surface area contributed by atoms with Crippen molar-refractivity contribution in [2.75, 3.05) is 31.8 Å². The first kappa shape index (κ1) is 22.1. The van der Waals surface area contributed by atoms with Gasteiger partial charge in [-0.05, 0) is 51.4 Å². The minimum Gasteiger partial charge on any atom is -0.495 e. The Balaban J connectivity index is 2.21. The molecule has 0 unspecified atom stereocenters. The zero-order chi connectivity index (χ0) is 20.2. The van der Waals surface area contributed by atoms with Crippen LogP contribution in [0, 0.1) is 6.92 Å². The molecule has 0 aliphatic carbocycles. The highest BCUT2D eigenvalue weighted by Gasteiger charge is 2.46. The lowest BCUT2D eigenvalue weighted by atomic mass is 10.2. The van der Waals surface area contributed by atoms with E-state index in [1.807, 2.05) is 13.8 Å². The lowest BCUT2D eigenvalue weighted by molar-refractivity contribution is 0.0768. The van der Waals surface area contributed by atoms with E-state index in [1.165, 1.54) is 13.2 Å². The molecule has 1 heterocycles. The zero-order valence-electron chi connectivity index (χ0n) is 16.3. The van der Waals surface area contributed by atoms with Crippen molar-refractivity contribution < 1.29 is 26.3 Å². The quantitative estimate of drug-likeness (QED) is 0.603. The summed E-state index contributed by atoms with van der Waals surface area (Å²) in [6, 6.07) is 4.24. The number of rotatable bonds is 9. The molecule has 1 fully saturated rings. The molecule has 1 N–H and O–H groups in total. The van der Waals surface area contributed by atoms with Gasteiger partial charge in [-0.15, -0.1) is 0 Å². The molecule has 0 aromatic heterocycles. The first-order valence-electron chi connectivity index (χ1n) is 9.01. The molecule has 2 atom stereocenters. The number of methoxy groups -OCH3 is 1. The van der Waals surface area contributed by atoms with Gasteiger partial charge in [0.05, 0.1) is 30.0 Å². The first-order chi connectivity index (χ1) is 12.6. The largest absolute Gasteiger partial charge is 0.495 e. The zero-order valence-corrected chi connectivity index (χ0v) is 17.9. The van der Waals surface area contributed by atoms with Crippen molar-refractivity contribution in [3.63, 3.8) is 0 Å². The second kappa shape index (κ2) is 8.89. The summed E-state index contributed by atoms with van der Waals surface area (Å²) >= 11 is 0. The van der Waals surface area contributed by atoms with Crippen LogP contribution in [0.1, 0.15) is 25.8 Å². The maximum absolute atomic E-state index is 13.2. The van der Waals surface area contributed by atoms with Gasteiger partial charge in [0.25, 0.3) is 0 Å². The molecule has 1 aromatic rings. The summed E-state index contributed by atoms with van der Waals surface area (Å²) in [7, 11) is -5.91. The van der Waals surface area contributed by atoms with Crippen molar-refractivity contribution in [3.05, 3.63) is 23.8 Å². The van der Waals surface area contributed by atoms with Crippen molar-refractivity contribution >= 4 is 19.7 Å². The lowest BCUT2D eigenvalue weighted by Gasteiger charge is -2.21. The highest BCUT2D eigenvalue weighted by molar-refractivity contribution is 7.96. The van der Waals surface area contributed by atoms with Crippen LogP contribution in [0.3, 0.4) is 0 Å². The van der Waals surface area contributed by atoms with E-state index in [2.05, 4.69) is 5.32 Å². The van der Waals surface area contributed by atoms with Crippen molar-refractivity contribution in [2.24, 2.45) is 0 Å². The van der Waals surface area contributed by atoms with Crippen LogP contribution in [0.4, 0.5) is 0 Å². The Hall–Kier alpha value is -1.16. The molecule has 7 nitrogen and oxygen atoms in total. The van der Waals surface area contributed by atoms with Crippen molar-refractivity contribution in [3.8, 4) is 5.75 Å². The summed E-state index contributed by atoms with van der Waals surface area (Å²) in [5, 5.41) is 2.07. The smallest absolute Gasteiger partial charge is 0.187 e. The van der Waals surface area contributed by atoms with Gasteiger partial charge in [-0.25, -0.2) is 16.8 Å². The molecule has 2 rings (SSSR count). The average Bonchev–Trinajstić information content (AvgIpc) is 2.89. The monoisotopic (exact) mass is 419 g/mol. The Morgan fingerprint density at radius 3 is 2.59 bits per heavy atom. The molecule has 9 heteroatoms. The summed E-state index contributed by atoms with van der Waals surface area (Å²) < 4.78 is 61.5. The van der Waals surface area contributed by atoms with Crippen LogP contribution in [-0.4, -0.2) is 66.0 Å². The van der Waals surface area contributed by atoms with Gasteiger partial charge in [0.15, 0.2) is 19.7 Å². The second-order valence-electron chi connectivity index (χ2n) is 7.15. The van der Waals surface area contributed by atoms with Crippen LogP contribution in [0.15, 0.2) is 23.1 Å². The number of benzene rings is 1. The van der Waals surface area contributed by atoms with E-state index in [4.69, 9.17) is 9.47 Å². The molecule has 154 valence electrons. The van der Waals surface area contributed by atoms with E-state index < -0.39 is 31.0 Å². The third-order valence-electron chi connectivity index (χ3n) is 4.50. The number of ether oxygens (including phenoxy) is 2. The van der Waals surface area contributed by atoms with E-state index >= 15 is 0 Å². The summed E-state index contributed by atoms with van der Waals surface area (Å²) in [5.41, 5.74) is 0.769. The number of hydrogen-bond donors (Lipinski definition) is 1. The maximum atomic E-state index is 13.2. The van der Waals surface area contributed by atoms with Crippen molar-refractivity contribution in [1.29, 1.82) is 0 Å². The Kier molecular flexibility index (Phi) is 7.29. The van der Waals surface area contributed by atoms with Gasteiger partial charge in [0.2, 0.25) is 0 Å². The van der Waals surface area contributed by atoms with Gasteiger partial charge >= 0.3 is 0 Å². The Bertz CT molecular complexity index is 849. The maximum Gasteiger partial charge on any atom is 0.187 e. The number of hydrogen-bond acceptors (Lipinski definition) is 7. The highest BCUT2D eigenvalue weighted by Crippen LogP contribution is 2.32. The van der Waals surface area contributed by atoms with Gasteiger partial charge < -0.3 is 14.8 Å². The minimum absolute atomic E-state index is 0.0436. The SMILES string of the molecule is COc1ccc(C)cc1S(=O)(=O)[C@H]1CS(=O)(=O)C[C@@H]1NCCCOC(C)C. The Morgan fingerprint density at radius 2 is 1.96 bits per heavy atom. The molecule has 27 heavy (non-hydrogen) atoms. The Morgan fingerprint density at radius 1 is 1.26 bits per heavy atom. The predicted molar refractivity (Wildman–Crippen MR) is 105 cm³/mol. The van der Waals surface area contributed by atoms with E-state index in [-0.39, 0.29) is 28.3 Å². The fourth-order valence-electron chi connectivity index (χ4n) is 3.16. The van der Waals surface area contributed by atoms with Gasteiger partial charge in [-0.1, -0.05) is 6.07 Å². The van der Waals surface area contributed by atoms with Gasteiger partial charge in [-0.2, -0.15) is 0 Å². The van der Waals surface area contributed by atoms with Crippen molar-refractivity contribution in [1.82, 2.24) is 5.32 Å². The van der Waals surface area contributed by atoms with Gasteiger partial charge in [0.1, 0.15) is 10.6 Å². The molecule has 1 aromatic carbocycles. The fourth-order valence-corrected chi connectivity index (χ4v) is 8.12. The molecule has 1 aliphatic rings. The van der Waals surface area contributed by atoms with Crippen LogP contribution in [0.25, 0.3) is 0 Å². The van der Waals surface area contributed by atoms with E-state index in [9.17, 15) is 16.8 Å². The van der Waals surface area contributed by atoms with Crippen LogP contribution >= 0.6 is 0 Å². The van der Waals surface area contributed by atoms with Gasteiger partial charge in [0, 0.05) is 12.6 Å². The summed E-state index contributed by atoms with van der Waals surface area (Å²) in [6.45, 7) is 6.69. The van der Waals surface area contributed by atoms with Crippen LogP contribution in [0.2, 0.25) is 0 Å². The molecule has 0 amide bonds. The number of aryl methyl sites for hydroxylation is 1. The number of nitrogens with one attached hydrogen (secondary N) is 1. The van der Waals surface area contributed by atoms with E-state index in [1.54, 1.807) is 19.1 Å². The third-order valence-corrected chi connectivity index (χ3v) is 8.67. The third kappa shape index (κ3) is 5.66. The van der Waals surface area contributed by atoms with E-state index in [0.717, 1.165) is 5.56 Å². The van der Waals surface area contributed by atoms with E-state index in [0.29, 0.717) is 19.6 Å². The highest BCUT2D eigenvalue weighted by atomic mass is 32.2. The predicted octanol–water partition coefficient (Wildman–Crippen LogP) is 1.35. The van der Waals surface area contributed by atoms with Crippen LogP contribution < -0.4 is 10.1 Å².